The van der Waals surface area contributed by atoms with Crippen molar-refractivity contribution in [1.82, 2.24) is 9.97 Å². The molecule has 0 aromatic carbocycles. The van der Waals surface area contributed by atoms with Crippen LogP contribution >= 0.6 is 11.3 Å². The Hall–Kier alpha value is -1.83. The molecule has 3 rings (SSSR count). The molecule has 0 aliphatic carbocycles. The summed E-state index contributed by atoms with van der Waals surface area (Å²) >= 11 is 1.45. The molecule has 2 aromatic rings. The van der Waals surface area contributed by atoms with Gasteiger partial charge in [-0.1, -0.05) is 11.3 Å². The molecule has 0 atom stereocenters. The highest BCUT2D eigenvalue weighted by atomic mass is 32.1. The summed E-state index contributed by atoms with van der Waals surface area (Å²) in [6, 6.07) is 2.49. The van der Waals surface area contributed by atoms with Gasteiger partial charge >= 0.3 is 6.18 Å². The Labute approximate surface area is 129 Å². The van der Waals surface area contributed by atoms with Crippen molar-refractivity contribution in [1.29, 1.82) is 0 Å². The molecule has 0 saturated carbocycles. The lowest BCUT2D eigenvalue weighted by molar-refractivity contribution is -0.137. The molecule has 118 valence electrons. The highest BCUT2D eigenvalue weighted by Gasteiger charge is 2.31. The van der Waals surface area contributed by atoms with E-state index >= 15 is 0 Å². The molecule has 1 saturated heterocycles. The van der Waals surface area contributed by atoms with Crippen molar-refractivity contribution in [3.63, 3.8) is 0 Å². The van der Waals surface area contributed by atoms with Crippen LogP contribution in [0.4, 0.5) is 19.0 Å². The SMILES string of the molecule is FC(F)(F)c1ccc(N2CCC(Oc3nccs3)CC2)nc1. The van der Waals surface area contributed by atoms with Crippen molar-refractivity contribution in [2.75, 3.05) is 18.0 Å². The van der Waals surface area contributed by atoms with Crippen LogP contribution in [-0.4, -0.2) is 29.2 Å². The van der Waals surface area contributed by atoms with Crippen LogP contribution in [0.1, 0.15) is 18.4 Å². The third-order valence-corrected chi connectivity index (χ3v) is 4.18. The van der Waals surface area contributed by atoms with Crippen molar-refractivity contribution < 1.29 is 17.9 Å². The number of thiazole rings is 1. The van der Waals surface area contributed by atoms with Gasteiger partial charge < -0.3 is 9.64 Å². The number of piperidine rings is 1. The van der Waals surface area contributed by atoms with Gasteiger partial charge in [0.2, 0.25) is 0 Å². The zero-order valence-corrected chi connectivity index (χ0v) is 12.4. The number of halogens is 3. The van der Waals surface area contributed by atoms with Crippen LogP contribution in [0, 0.1) is 0 Å². The number of hydrogen-bond acceptors (Lipinski definition) is 5. The Morgan fingerprint density at radius 2 is 1.95 bits per heavy atom. The second-order valence-electron chi connectivity index (χ2n) is 5.01. The topological polar surface area (TPSA) is 38.2 Å². The molecule has 1 aliphatic heterocycles. The average Bonchev–Trinajstić information content (AvgIpc) is 3.00. The first-order valence-corrected chi connectivity index (χ1v) is 7.75. The van der Waals surface area contributed by atoms with Gasteiger partial charge in [0.1, 0.15) is 11.9 Å². The quantitative estimate of drug-likeness (QED) is 0.862. The van der Waals surface area contributed by atoms with Gasteiger partial charge in [0.05, 0.1) is 5.56 Å². The van der Waals surface area contributed by atoms with Gasteiger partial charge in [0.25, 0.3) is 5.19 Å². The Morgan fingerprint density at radius 3 is 2.50 bits per heavy atom. The number of alkyl halides is 3. The molecule has 0 unspecified atom stereocenters. The summed E-state index contributed by atoms with van der Waals surface area (Å²) in [7, 11) is 0. The van der Waals surface area contributed by atoms with E-state index in [1.54, 1.807) is 6.20 Å². The molecule has 1 aliphatic rings. The first-order chi connectivity index (χ1) is 10.5. The number of anilines is 1. The van der Waals surface area contributed by atoms with Gasteiger partial charge in [0.15, 0.2) is 0 Å². The molecule has 0 N–H and O–H groups in total. The Balaban J connectivity index is 1.57. The minimum Gasteiger partial charge on any atom is -0.467 e. The van der Waals surface area contributed by atoms with E-state index in [-0.39, 0.29) is 6.10 Å². The van der Waals surface area contributed by atoms with Gasteiger partial charge in [-0.2, -0.15) is 13.2 Å². The number of ether oxygens (including phenoxy) is 1. The standard InChI is InChI=1S/C14H14F3N3OS/c15-14(16,17)10-1-2-12(19-9-10)20-6-3-11(4-7-20)21-13-18-5-8-22-13/h1-2,5,8-9,11H,3-4,6-7H2. The lowest BCUT2D eigenvalue weighted by Crippen LogP contribution is -2.38. The van der Waals surface area contributed by atoms with Gasteiger partial charge in [-0.15, -0.1) is 0 Å². The van der Waals surface area contributed by atoms with E-state index < -0.39 is 11.7 Å². The zero-order valence-electron chi connectivity index (χ0n) is 11.6. The van der Waals surface area contributed by atoms with E-state index in [1.807, 2.05) is 10.3 Å². The van der Waals surface area contributed by atoms with Gasteiger partial charge in [-0.05, 0) is 12.1 Å². The second kappa shape index (κ2) is 6.12. The van der Waals surface area contributed by atoms with Crippen molar-refractivity contribution in [3.05, 3.63) is 35.5 Å². The fourth-order valence-corrected chi connectivity index (χ4v) is 2.91. The minimum absolute atomic E-state index is 0.0943. The molecule has 0 radical (unpaired) electrons. The monoisotopic (exact) mass is 329 g/mol. The van der Waals surface area contributed by atoms with E-state index in [0.29, 0.717) is 24.1 Å². The van der Waals surface area contributed by atoms with Crippen molar-refractivity contribution in [2.45, 2.75) is 25.1 Å². The molecule has 8 heteroatoms. The summed E-state index contributed by atoms with van der Waals surface area (Å²) in [6.45, 7) is 1.41. The third-order valence-electron chi connectivity index (χ3n) is 3.52. The molecule has 4 nitrogen and oxygen atoms in total. The van der Waals surface area contributed by atoms with Crippen LogP contribution in [-0.2, 0) is 6.18 Å². The van der Waals surface area contributed by atoms with Crippen LogP contribution in [0.25, 0.3) is 0 Å². The highest BCUT2D eigenvalue weighted by Crippen LogP contribution is 2.30. The van der Waals surface area contributed by atoms with Crippen molar-refractivity contribution >= 4 is 17.2 Å². The molecule has 1 fully saturated rings. The van der Waals surface area contributed by atoms with Crippen LogP contribution in [0.5, 0.6) is 5.19 Å². The van der Waals surface area contributed by atoms with E-state index in [2.05, 4.69) is 9.97 Å². The molecular weight excluding hydrogens is 315 g/mol. The summed E-state index contributed by atoms with van der Waals surface area (Å²) in [5.41, 5.74) is -0.724. The maximum atomic E-state index is 12.5. The number of pyridine rings is 1. The maximum absolute atomic E-state index is 12.5. The fraction of sp³-hybridized carbons (Fsp3) is 0.429. The van der Waals surface area contributed by atoms with E-state index in [4.69, 9.17) is 4.74 Å². The summed E-state index contributed by atoms with van der Waals surface area (Å²) in [4.78, 5) is 9.98. The van der Waals surface area contributed by atoms with E-state index in [0.717, 1.165) is 25.1 Å². The number of rotatable bonds is 3. The number of hydrogen-bond donors (Lipinski definition) is 0. The normalized spacial score (nSPS) is 16.8. The van der Waals surface area contributed by atoms with Crippen LogP contribution < -0.4 is 9.64 Å². The molecule has 0 amide bonds. The first kappa shape index (κ1) is 15.1. The summed E-state index contributed by atoms with van der Waals surface area (Å²) in [6.07, 6.45) is -0.0869. The maximum Gasteiger partial charge on any atom is 0.417 e. The Bertz CT molecular complexity index is 593. The lowest BCUT2D eigenvalue weighted by Gasteiger charge is -2.32. The minimum atomic E-state index is -4.35. The average molecular weight is 329 g/mol. The summed E-state index contributed by atoms with van der Waals surface area (Å²) in [5, 5.41) is 2.52. The molecule has 3 heterocycles. The predicted molar refractivity (Wildman–Crippen MR) is 77.2 cm³/mol. The van der Waals surface area contributed by atoms with E-state index in [9.17, 15) is 13.2 Å². The van der Waals surface area contributed by atoms with Crippen molar-refractivity contribution in [2.24, 2.45) is 0 Å². The summed E-state index contributed by atoms with van der Waals surface area (Å²) < 4.78 is 43.3. The zero-order chi connectivity index (χ0) is 15.6. The molecule has 22 heavy (non-hydrogen) atoms. The third kappa shape index (κ3) is 3.49. The second-order valence-corrected chi connectivity index (χ2v) is 5.86. The lowest BCUT2D eigenvalue weighted by atomic mass is 10.1. The van der Waals surface area contributed by atoms with Crippen LogP contribution in [0.2, 0.25) is 0 Å². The van der Waals surface area contributed by atoms with Crippen LogP contribution in [0.15, 0.2) is 29.9 Å². The highest BCUT2D eigenvalue weighted by molar-refractivity contribution is 7.11. The van der Waals surface area contributed by atoms with Gasteiger partial charge in [-0.25, -0.2) is 9.97 Å². The largest absolute Gasteiger partial charge is 0.467 e. The number of aromatic nitrogens is 2. The smallest absolute Gasteiger partial charge is 0.417 e. The molecule has 0 spiro atoms. The van der Waals surface area contributed by atoms with Gasteiger partial charge in [-0.3, -0.25) is 0 Å². The Kier molecular flexibility index (Phi) is 4.19. The first-order valence-electron chi connectivity index (χ1n) is 6.87. The predicted octanol–water partition coefficient (Wildman–Crippen LogP) is 3.60. The number of nitrogens with zero attached hydrogens (tertiary/aromatic N) is 3. The van der Waals surface area contributed by atoms with Crippen LogP contribution in [0.3, 0.4) is 0 Å². The molecule has 2 aromatic heterocycles. The Morgan fingerprint density at radius 1 is 1.18 bits per heavy atom. The summed E-state index contributed by atoms with van der Waals surface area (Å²) in [5.74, 6) is 0.570. The van der Waals surface area contributed by atoms with E-state index in [1.165, 1.54) is 17.4 Å². The van der Waals surface area contributed by atoms with Gasteiger partial charge in [0, 0.05) is 43.7 Å². The molecular formula is C14H14F3N3OS. The fourth-order valence-electron chi connectivity index (χ4n) is 2.35. The molecule has 0 bridgehead atoms. The van der Waals surface area contributed by atoms with Crippen molar-refractivity contribution in [3.8, 4) is 5.19 Å².